The van der Waals surface area contributed by atoms with Crippen LogP contribution in [0.2, 0.25) is 0 Å². The van der Waals surface area contributed by atoms with Crippen molar-refractivity contribution in [3.05, 3.63) is 58.1 Å². The molecule has 1 N–H and O–H groups in total. The molecule has 0 radical (unpaired) electrons. The quantitative estimate of drug-likeness (QED) is 0.519. The maximum Gasteiger partial charge on any atom is 0.272 e. The molecule has 0 aliphatic carbocycles. The molecule has 0 atom stereocenters. The summed E-state index contributed by atoms with van der Waals surface area (Å²) in [6, 6.07) is 12.7. The van der Waals surface area contributed by atoms with Crippen LogP contribution in [0.4, 0.5) is 0 Å². The zero-order valence-corrected chi connectivity index (χ0v) is 16.9. The van der Waals surface area contributed by atoms with Crippen molar-refractivity contribution in [2.45, 2.75) is 39.9 Å². The van der Waals surface area contributed by atoms with Crippen LogP contribution in [-0.2, 0) is 0 Å². The number of rotatable bonds is 7. The first-order chi connectivity index (χ1) is 12.4. The second kappa shape index (κ2) is 9.38. The summed E-state index contributed by atoms with van der Waals surface area (Å²) in [5.41, 5.74) is 3.80. The lowest BCUT2D eigenvalue weighted by Crippen LogP contribution is -2.18. The molecule has 26 heavy (non-hydrogen) atoms. The van der Waals surface area contributed by atoms with Crippen molar-refractivity contribution < 1.29 is 14.3 Å². The standard InChI is InChI=1S/C20H23BrN2O3/c1-13(2)25-16-10-9-15(19(11-16)26-14(3)4)12-22-23-20(24)17-7-5-6-8-18(17)21/h5-14H,1-4H3,(H,23,24)/b22-12+. The van der Waals surface area contributed by atoms with E-state index in [1.807, 2.05) is 52.0 Å². The molecular weight excluding hydrogens is 396 g/mol. The van der Waals surface area contributed by atoms with Gasteiger partial charge in [-0.25, -0.2) is 5.43 Å². The Kier molecular flexibility index (Phi) is 7.21. The average molecular weight is 419 g/mol. The van der Waals surface area contributed by atoms with Gasteiger partial charge < -0.3 is 9.47 Å². The van der Waals surface area contributed by atoms with Gasteiger partial charge in [-0.1, -0.05) is 12.1 Å². The number of nitrogens with zero attached hydrogens (tertiary/aromatic N) is 1. The molecule has 0 aliphatic rings. The fourth-order valence-corrected chi connectivity index (χ4v) is 2.65. The maximum atomic E-state index is 12.2. The third-order valence-electron chi connectivity index (χ3n) is 3.21. The van der Waals surface area contributed by atoms with Gasteiger partial charge in [0, 0.05) is 16.1 Å². The molecule has 2 aromatic carbocycles. The molecule has 0 saturated carbocycles. The van der Waals surface area contributed by atoms with Gasteiger partial charge in [-0.3, -0.25) is 4.79 Å². The number of carbonyl (C=O) groups is 1. The highest BCUT2D eigenvalue weighted by molar-refractivity contribution is 9.10. The first kappa shape index (κ1) is 20.0. The highest BCUT2D eigenvalue weighted by Gasteiger charge is 2.10. The topological polar surface area (TPSA) is 59.9 Å². The minimum absolute atomic E-state index is 0.00585. The molecule has 2 aromatic rings. The van der Waals surface area contributed by atoms with E-state index in [1.165, 1.54) is 0 Å². The van der Waals surface area contributed by atoms with Crippen molar-refractivity contribution in [1.82, 2.24) is 5.43 Å². The van der Waals surface area contributed by atoms with Crippen LogP contribution in [-0.4, -0.2) is 24.3 Å². The molecule has 0 spiro atoms. The highest BCUT2D eigenvalue weighted by atomic mass is 79.9. The zero-order valence-electron chi connectivity index (χ0n) is 15.3. The van der Waals surface area contributed by atoms with Gasteiger partial charge in [-0.15, -0.1) is 0 Å². The van der Waals surface area contributed by atoms with Crippen LogP contribution in [0, 0.1) is 0 Å². The van der Waals surface area contributed by atoms with E-state index in [0.717, 1.165) is 11.3 Å². The van der Waals surface area contributed by atoms with Gasteiger partial charge in [0.25, 0.3) is 5.91 Å². The van der Waals surface area contributed by atoms with Gasteiger partial charge in [0.2, 0.25) is 0 Å². The van der Waals surface area contributed by atoms with Crippen molar-refractivity contribution in [3.63, 3.8) is 0 Å². The van der Waals surface area contributed by atoms with Gasteiger partial charge in [0.05, 0.1) is 24.0 Å². The Bertz CT molecular complexity index is 788. The van der Waals surface area contributed by atoms with Crippen LogP contribution < -0.4 is 14.9 Å². The van der Waals surface area contributed by atoms with Crippen molar-refractivity contribution in [3.8, 4) is 11.5 Å². The van der Waals surface area contributed by atoms with E-state index < -0.39 is 0 Å². The first-order valence-electron chi connectivity index (χ1n) is 8.42. The molecule has 0 saturated heterocycles. The second-order valence-electron chi connectivity index (χ2n) is 6.21. The van der Waals surface area contributed by atoms with Crippen molar-refractivity contribution in [2.75, 3.05) is 0 Å². The van der Waals surface area contributed by atoms with E-state index in [4.69, 9.17) is 9.47 Å². The summed E-state index contributed by atoms with van der Waals surface area (Å²) in [4.78, 5) is 12.2. The van der Waals surface area contributed by atoms with Gasteiger partial charge in [-0.2, -0.15) is 5.10 Å². The number of hydrazone groups is 1. The van der Waals surface area contributed by atoms with Crippen LogP contribution in [0.5, 0.6) is 11.5 Å². The molecule has 5 nitrogen and oxygen atoms in total. The summed E-state index contributed by atoms with van der Waals surface area (Å²) in [6.07, 6.45) is 1.64. The molecule has 6 heteroatoms. The molecule has 138 valence electrons. The van der Waals surface area contributed by atoms with Gasteiger partial charge >= 0.3 is 0 Å². The normalized spacial score (nSPS) is 11.2. The molecule has 0 aromatic heterocycles. The minimum Gasteiger partial charge on any atom is -0.491 e. The van der Waals surface area contributed by atoms with Crippen molar-refractivity contribution >= 4 is 28.1 Å². The number of nitrogens with one attached hydrogen (secondary N) is 1. The number of carbonyl (C=O) groups excluding carboxylic acids is 1. The smallest absolute Gasteiger partial charge is 0.272 e. The summed E-state index contributed by atoms with van der Waals surface area (Å²) in [5.74, 6) is 1.09. The summed E-state index contributed by atoms with van der Waals surface area (Å²) >= 11 is 3.35. The number of halogens is 1. The molecule has 0 fully saturated rings. The maximum absolute atomic E-state index is 12.2. The first-order valence-corrected chi connectivity index (χ1v) is 9.21. The van der Waals surface area contributed by atoms with E-state index in [9.17, 15) is 4.79 Å². The van der Waals surface area contributed by atoms with E-state index in [-0.39, 0.29) is 18.1 Å². The molecule has 0 heterocycles. The number of ether oxygens (including phenoxy) is 2. The van der Waals surface area contributed by atoms with E-state index >= 15 is 0 Å². The number of amides is 1. The van der Waals surface area contributed by atoms with Crippen molar-refractivity contribution in [2.24, 2.45) is 5.10 Å². The number of hydrogen-bond acceptors (Lipinski definition) is 4. The molecule has 0 unspecified atom stereocenters. The second-order valence-corrected chi connectivity index (χ2v) is 7.07. The Labute approximate surface area is 162 Å². The predicted octanol–water partition coefficient (Wildman–Crippen LogP) is 4.79. The third kappa shape index (κ3) is 5.88. The van der Waals surface area contributed by atoms with Gasteiger partial charge in [0.1, 0.15) is 11.5 Å². The predicted molar refractivity (Wildman–Crippen MR) is 107 cm³/mol. The molecular formula is C20H23BrN2O3. The van der Waals surface area contributed by atoms with Crippen LogP contribution in [0.15, 0.2) is 52.0 Å². The summed E-state index contributed by atoms with van der Waals surface area (Å²) in [6.45, 7) is 7.84. The number of benzene rings is 2. The number of hydrogen-bond donors (Lipinski definition) is 1. The Balaban J connectivity index is 2.15. The highest BCUT2D eigenvalue weighted by Crippen LogP contribution is 2.25. The lowest BCUT2D eigenvalue weighted by atomic mass is 10.2. The van der Waals surface area contributed by atoms with E-state index in [1.54, 1.807) is 24.4 Å². The van der Waals surface area contributed by atoms with Crippen LogP contribution >= 0.6 is 15.9 Å². The zero-order chi connectivity index (χ0) is 19.1. The van der Waals surface area contributed by atoms with Gasteiger partial charge in [0.15, 0.2) is 0 Å². The lowest BCUT2D eigenvalue weighted by Gasteiger charge is -2.15. The Hall–Kier alpha value is -2.34. The largest absolute Gasteiger partial charge is 0.491 e. The summed E-state index contributed by atoms with van der Waals surface area (Å²) < 4.78 is 12.3. The Morgan fingerprint density at radius 2 is 1.77 bits per heavy atom. The van der Waals surface area contributed by atoms with E-state index in [0.29, 0.717) is 15.8 Å². The van der Waals surface area contributed by atoms with Crippen LogP contribution in [0.25, 0.3) is 0 Å². The van der Waals surface area contributed by atoms with Crippen LogP contribution in [0.3, 0.4) is 0 Å². The summed E-state index contributed by atoms with van der Waals surface area (Å²) in [7, 11) is 0. The minimum atomic E-state index is -0.292. The van der Waals surface area contributed by atoms with Crippen LogP contribution in [0.1, 0.15) is 43.6 Å². The Morgan fingerprint density at radius 1 is 1.08 bits per heavy atom. The van der Waals surface area contributed by atoms with E-state index in [2.05, 4.69) is 26.5 Å². The lowest BCUT2D eigenvalue weighted by molar-refractivity contribution is 0.0954. The Morgan fingerprint density at radius 3 is 2.42 bits per heavy atom. The molecule has 2 rings (SSSR count). The third-order valence-corrected chi connectivity index (χ3v) is 3.90. The fourth-order valence-electron chi connectivity index (χ4n) is 2.19. The fraction of sp³-hybridized carbons (Fsp3) is 0.300. The molecule has 0 aliphatic heterocycles. The summed E-state index contributed by atoms with van der Waals surface area (Å²) in [5, 5.41) is 4.05. The molecule has 1 amide bonds. The average Bonchev–Trinajstić information content (AvgIpc) is 2.56. The van der Waals surface area contributed by atoms with Gasteiger partial charge in [-0.05, 0) is 67.9 Å². The van der Waals surface area contributed by atoms with Crippen molar-refractivity contribution in [1.29, 1.82) is 0 Å². The SMILES string of the molecule is CC(C)Oc1ccc(/C=N/NC(=O)c2ccccc2Br)c(OC(C)C)c1. The molecule has 0 bridgehead atoms. The monoisotopic (exact) mass is 418 g/mol.